The zero-order chi connectivity index (χ0) is 35.4. The summed E-state index contributed by atoms with van der Waals surface area (Å²) >= 11 is 0. The van der Waals surface area contributed by atoms with Crippen molar-refractivity contribution in [1.82, 2.24) is 24.1 Å². The molecule has 0 saturated carbocycles. The molecule has 5 aromatic rings. The van der Waals surface area contributed by atoms with Crippen molar-refractivity contribution in [2.24, 2.45) is 0 Å². The molecule has 2 saturated heterocycles. The van der Waals surface area contributed by atoms with E-state index >= 15 is 0 Å². The third-order valence-corrected chi connectivity index (χ3v) is 8.09. The number of rotatable bonds is 6. The number of hydrogen-bond acceptors (Lipinski definition) is 12. The predicted molar refractivity (Wildman–Crippen MR) is 177 cm³/mol. The minimum atomic E-state index is -1.44. The van der Waals surface area contributed by atoms with Crippen LogP contribution in [0.4, 0.5) is 15.9 Å². The van der Waals surface area contributed by atoms with Crippen molar-refractivity contribution in [3.8, 4) is 11.5 Å². The Bertz CT molecular complexity index is 2180. The highest BCUT2D eigenvalue weighted by atomic mass is 19.1. The van der Waals surface area contributed by atoms with Gasteiger partial charge < -0.3 is 39.9 Å². The highest BCUT2D eigenvalue weighted by Crippen LogP contribution is 2.23. The van der Waals surface area contributed by atoms with E-state index in [1.807, 2.05) is 9.80 Å². The van der Waals surface area contributed by atoms with Crippen LogP contribution in [0.25, 0.3) is 11.3 Å². The molecule has 7 rings (SSSR count). The topological polar surface area (TPSA) is 201 Å². The summed E-state index contributed by atoms with van der Waals surface area (Å²) in [7, 11) is 0. The minimum Gasteiger partial charge on any atom is -0.501 e. The smallest absolute Gasteiger partial charge is 0.358 e. The maximum atomic E-state index is 13.0. The van der Waals surface area contributed by atoms with Gasteiger partial charge in [-0.05, 0) is 42.0 Å². The fraction of sp³-hybridized carbons (Fsp3) is 0.273. The molecule has 2 aliphatic rings. The summed E-state index contributed by atoms with van der Waals surface area (Å²) in [6, 6.07) is 14.1. The van der Waals surface area contributed by atoms with E-state index in [9.17, 15) is 33.8 Å². The Morgan fingerprint density at radius 3 is 2.10 bits per heavy atom. The molecule has 0 bridgehead atoms. The zero-order valence-electron chi connectivity index (χ0n) is 26.5. The lowest BCUT2D eigenvalue weighted by atomic mass is 10.2. The number of aromatic nitrogens is 4. The fourth-order valence-corrected chi connectivity index (χ4v) is 5.56. The number of pyridine rings is 2. The highest BCUT2D eigenvalue weighted by Gasteiger charge is 2.23. The molecule has 6 heterocycles. The molecule has 2 fully saturated rings. The number of halogens is 1. The van der Waals surface area contributed by atoms with E-state index in [0.717, 1.165) is 4.40 Å². The van der Waals surface area contributed by atoms with Crippen LogP contribution in [0.5, 0.6) is 11.5 Å². The second kappa shape index (κ2) is 14.6. The van der Waals surface area contributed by atoms with Crippen LogP contribution in [0.3, 0.4) is 0 Å². The van der Waals surface area contributed by atoms with E-state index < -0.39 is 40.2 Å². The van der Waals surface area contributed by atoms with Crippen LogP contribution in [0.1, 0.15) is 26.5 Å². The van der Waals surface area contributed by atoms with Gasteiger partial charge in [0, 0.05) is 38.9 Å². The first-order chi connectivity index (χ1) is 24.1. The SMILES string of the molecule is O=C(NCc1ccc(F)cc1)c1nc2cccc(N3CCOCC3)n2c(=O)c1O.O=C(O)c1nc2c(N3CCOCC3)cccn2c(=O)c1O. The molecule has 0 aliphatic carbocycles. The number of morpholine rings is 2. The molecule has 16 nitrogen and oxygen atoms in total. The first-order valence-corrected chi connectivity index (χ1v) is 15.5. The predicted octanol–water partition coefficient (Wildman–Crippen LogP) is 1.24. The van der Waals surface area contributed by atoms with Crippen molar-refractivity contribution in [3.63, 3.8) is 0 Å². The van der Waals surface area contributed by atoms with Crippen LogP contribution in [0, 0.1) is 5.82 Å². The van der Waals surface area contributed by atoms with Crippen LogP contribution in [0.15, 0.2) is 70.4 Å². The molecule has 0 spiro atoms. The largest absolute Gasteiger partial charge is 0.501 e. The van der Waals surface area contributed by atoms with Crippen molar-refractivity contribution in [2.75, 3.05) is 62.4 Å². The molecule has 0 atom stereocenters. The molecule has 0 radical (unpaired) electrons. The summed E-state index contributed by atoms with van der Waals surface area (Å²) in [5.41, 5.74) is -0.733. The third kappa shape index (κ3) is 6.90. The summed E-state index contributed by atoms with van der Waals surface area (Å²) in [6.45, 7) is 4.73. The van der Waals surface area contributed by atoms with E-state index in [-0.39, 0.29) is 29.4 Å². The Labute approximate surface area is 282 Å². The number of carboxylic acid groups (broad SMARTS) is 1. The monoisotopic (exact) mass is 689 g/mol. The second-order valence-corrected chi connectivity index (χ2v) is 11.2. The van der Waals surface area contributed by atoms with Crippen LogP contribution in [0.2, 0.25) is 0 Å². The lowest BCUT2D eigenvalue weighted by molar-refractivity contribution is 0.0686. The van der Waals surface area contributed by atoms with Gasteiger partial charge >= 0.3 is 17.1 Å². The number of aromatic carboxylic acids is 1. The number of nitrogens with zero attached hydrogens (tertiary/aromatic N) is 6. The van der Waals surface area contributed by atoms with Crippen LogP contribution in [-0.2, 0) is 16.0 Å². The number of carbonyl (C=O) groups is 2. The van der Waals surface area contributed by atoms with Gasteiger partial charge in [-0.15, -0.1) is 0 Å². The number of amides is 1. The molecule has 1 amide bonds. The Balaban J connectivity index is 0.000000182. The van der Waals surface area contributed by atoms with E-state index in [1.165, 1.54) is 34.9 Å². The van der Waals surface area contributed by atoms with Gasteiger partial charge in [-0.25, -0.2) is 23.6 Å². The summed E-state index contributed by atoms with van der Waals surface area (Å²) in [6.07, 6.45) is 1.44. The summed E-state index contributed by atoms with van der Waals surface area (Å²) < 4.78 is 26.0. The van der Waals surface area contributed by atoms with Crippen LogP contribution in [-0.4, -0.2) is 98.6 Å². The molecule has 260 valence electrons. The summed E-state index contributed by atoms with van der Waals surface area (Å²) in [5, 5.41) is 31.7. The number of carbonyl (C=O) groups excluding carboxylic acids is 1. The van der Waals surface area contributed by atoms with Gasteiger partial charge in [-0.3, -0.25) is 18.8 Å². The first kappa shape index (κ1) is 33.8. The first-order valence-electron chi connectivity index (χ1n) is 15.5. The average Bonchev–Trinajstić information content (AvgIpc) is 3.14. The number of ether oxygens (including phenoxy) is 2. The van der Waals surface area contributed by atoms with E-state index in [0.29, 0.717) is 69.7 Å². The quantitative estimate of drug-likeness (QED) is 0.199. The maximum absolute atomic E-state index is 13.0. The molecule has 50 heavy (non-hydrogen) atoms. The second-order valence-electron chi connectivity index (χ2n) is 11.2. The van der Waals surface area contributed by atoms with Gasteiger partial charge in [-0.2, -0.15) is 0 Å². The van der Waals surface area contributed by atoms with Crippen molar-refractivity contribution in [1.29, 1.82) is 0 Å². The number of nitrogens with one attached hydrogen (secondary N) is 1. The lowest BCUT2D eigenvalue weighted by Crippen LogP contribution is -2.39. The third-order valence-electron chi connectivity index (χ3n) is 8.09. The molecule has 4 N–H and O–H groups in total. The average molecular weight is 690 g/mol. The standard InChI is InChI=1S/C20H19FN4O4.C13H13N3O5/c21-14-6-4-13(5-7-14)12-22-19(27)17-18(26)20(28)25-15(23-17)2-1-3-16(25)24-8-10-29-11-9-24;17-10-9(13(19)20)14-11-8(15-4-6-21-7-5-15)2-1-3-16(11)12(10)18/h1-7,26H,8-12H2,(H,22,27);1-3,17H,4-7H2,(H,19,20). The zero-order valence-corrected chi connectivity index (χ0v) is 26.5. The lowest BCUT2D eigenvalue weighted by Gasteiger charge is -2.29. The Hall–Kier alpha value is -6.07. The fourth-order valence-electron chi connectivity index (χ4n) is 5.56. The van der Waals surface area contributed by atoms with Crippen molar-refractivity contribution in [3.05, 3.63) is 104 Å². The van der Waals surface area contributed by atoms with E-state index in [4.69, 9.17) is 14.6 Å². The van der Waals surface area contributed by atoms with Gasteiger partial charge in [0.05, 0.1) is 32.1 Å². The van der Waals surface area contributed by atoms with Gasteiger partial charge in [0.2, 0.25) is 11.5 Å². The molecule has 0 unspecified atom stereocenters. The molecular formula is C33H32FN7O9. The van der Waals surface area contributed by atoms with Crippen LogP contribution >= 0.6 is 0 Å². The van der Waals surface area contributed by atoms with E-state index in [1.54, 1.807) is 30.3 Å². The Morgan fingerprint density at radius 1 is 0.800 bits per heavy atom. The summed E-state index contributed by atoms with van der Waals surface area (Å²) in [5.74, 6) is -3.51. The highest BCUT2D eigenvalue weighted by molar-refractivity contribution is 5.95. The molecule has 4 aromatic heterocycles. The van der Waals surface area contributed by atoms with Gasteiger partial charge in [0.25, 0.3) is 5.91 Å². The number of fused-ring (bicyclic) bond motifs is 2. The molecular weight excluding hydrogens is 657 g/mol. The maximum Gasteiger partial charge on any atom is 0.358 e. The molecule has 1 aromatic carbocycles. The Morgan fingerprint density at radius 2 is 1.44 bits per heavy atom. The number of hydrogen-bond donors (Lipinski definition) is 4. The number of carboxylic acids is 1. The normalized spacial score (nSPS) is 14.7. The van der Waals surface area contributed by atoms with E-state index in [2.05, 4.69) is 15.3 Å². The Kier molecular flexibility index (Phi) is 9.87. The van der Waals surface area contributed by atoms with Gasteiger partial charge in [0.15, 0.2) is 17.0 Å². The molecule has 2 aliphatic heterocycles. The number of anilines is 2. The van der Waals surface area contributed by atoms with Crippen molar-refractivity contribution < 1.29 is 38.8 Å². The van der Waals surface area contributed by atoms with Gasteiger partial charge in [0.1, 0.15) is 17.3 Å². The van der Waals surface area contributed by atoms with Crippen molar-refractivity contribution in [2.45, 2.75) is 6.54 Å². The van der Waals surface area contributed by atoms with Crippen molar-refractivity contribution >= 4 is 34.7 Å². The minimum absolute atomic E-state index is 0.105. The number of aromatic hydroxyl groups is 2. The van der Waals surface area contributed by atoms with Gasteiger partial charge in [-0.1, -0.05) is 18.2 Å². The number of benzene rings is 1. The van der Waals surface area contributed by atoms with Crippen LogP contribution < -0.4 is 26.2 Å². The molecule has 17 heteroatoms. The summed E-state index contributed by atoms with van der Waals surface area (Å²) in [4.78, 5) is 60.6.